The highest BCUT2D eigenvalue weighted by molar-refractivity contribution is 5.32. The molecule has 0 aliphatic carbocycles. The Hall–Kier alpha value is -0.860. The third-order valence-electron chi connectivity index (χ3n) is 3.80. The number of aryl methyl sites for hydroxylation is 2. The molecule has 2 nitrogen and oxygen atoms in total. The first-order chi connectivity index (χ1) is 8.49. The Morgan fingerprint density at radius 2 is 1.56 bits per heavy atom. The highest BCUT2D eigenvalue weighted by Gasteiger charge is 2.35. The predicted molar refractivity (Wildman–Crippen MR) is 77.8 cm³/mol. The summed E-state index contributed by atoms with van der Waals surface area (Å²) in [5.41, 5.74) is 9.96. The van der Waals surface area contributed by atoms with E-state index < -0.39 is 0 Å². The van der Waals surface area contributed by atoms with Gasteiger partial charge in [0, 0.05) is 6.61 Å². The lowest BCUT2D eigenvalue weighted by molar-refractivity contribution is -0.0645. The lowest BCUT2D eigenvalue weighted by atomic mass is 9.83. The van der Waals surface area contributed by atoms with Crippen LogP contribution in [-0.2, 0) is 4.74 Å². The summed E-state index contributed by atoms with van der Waals surface area (Å²) in [6, 6.07) is 6.47. The lowest BCUT2D eigenvalue weighted by Crippen LogP contribution is -2.43. The first kappa shape index (κ1) is 15.2. The molecule has 0 fully saturated rings. The van der Waals surface area contributed by atoms with E-state index in [1.54, 1.807) is 0 Å². The van der Waals surface area contributed by atoms with Crippen molar-refractivity contribution in [3.8, 4) is 0 Å². The Bertz CT molecular complexity index is 362. The van der Waals surface area contributed by atoms with Crippen molar-refractivity contribution >= 4 is 0 Å². The molecule has 1 atom stereocenters. The zero-order valence-corrected chi connectivity index (χ0v) is 12.4. The van der Waals surface area contributed by atoms with Crippen LogP contribution in [0.15, 0.2) is 18.2 Å². The first-order valence-electron chi connectivity index (χ1n) is 6.96. The van der Waals surface area contributed by atoms with E-state index in [4.69, 9.17) is 10.5 Å². The molecule has 2 heteroatoms. The molecule has 1 unspecified atom stereocenters. The summed E-state index contributed by atoms with van der Waals surface area (Å²) >= 11 is 0. The highest BCUT2D eigenvalue weighted by atomic mass is 16.5. The third-order valence-corrected chi connectivity index (χ3v) is 3.80. The summed E-state index contributed by atoms with van der Waals surface area (Å²) < 4.78 is 6.00. The summed E-state index contributed by atoms with van der Waals surface area (Å²) in [6.07, 6.45) is 1.87. The fourth-order valence-corrected chi connectivity index (χ4v) is 2.76. The average molecular weight is 249 g/mol. The third kappa shape index (κ3) is 3.12. The van der Waals surface area contributed by atoms with Crippen LogP contribution in [0.1, 0.15) is 56.3 Å². The molecular weight excluding hydrogens is 222 g/mol. The molecule has 0 radical (unpaired) electrons. The van der Waals surface area contributed by atoms with Crippen LogP contribution in [0.5, 0.6) is 0 Å². The molecule has 18 heavy (non-hydrogen) atoms. The monoisotopic (exact) mass is 249 g/mol. The van der Waals surface area contributed by atoms with Crippen molar-refractivity contribution < 1.29 is 4.74 Å². The van der Waals surface area contributed by atoms with Gasteiger partial charge in [-0.3, -0.25) is 0 Å². The van der Waals surface area contributed by atoms with Crippen molar-refractivity contribution in [1.29, 1.82) is 0 Å². The molecule has 0 aliphatic heterocycles. The Morgan fingerprint density at radius 1 is 1.06 bits per heavy atom. The van der Waals surface area contributed by atoms with E-state index in [9.17, 15) is 0 Å². The second kappa shape index (κ2) is 6.35. The van der Waals surface area contributed by atoms with Gasteiger partial charge in [0.25, 0.3) is 0 Å². The largest absolute Gasteiger partial charge is 0.373 e. The molecule has 0 amide bonds. The van der Waals surface area contributed by atoms with Gasteiger partial charge in [0.2, 0.25) is 0 Å². The summed E-state index contributed by atoms with van der Waals surface area (Å²) in [4.78, 5) is 0. The molecule has 1 rings (SSSR count). The number of benzene rings is 1. The van der Waals surface area contributed by atoms with Gasteiger partial charge in [-0.1, -0.05) is 43.2 Å². The molecule has 0 saturated heterocycles. The Balaban J connectivity index is 3.12. The van der Waals surface area contributed by atoms with Crippen molar-refractivity contribution in [2.75, 3.05) is 6.61 Å². The van der Waals surface area contributed by atoms with Gasteiger partial charge in [0.1, 0.15) is 0 Å². The van der Waals surface area contributed by atoms with Crippen LogP contribution in [0, 0.1) is 13.8 Å². The minimum absolute atomic E-state index is 0.0638. The van der Waals surface area contributed by atoms with Gasteiger partial charge in [-0.05, 0) is 39.2 Å². The molecule has 0 aromatic heterocycles. The van der Waals surface area contributed by atoms with Crippen molar-refractivity contribution in [2.45, 2.75) is 59.1 Å². The smallest absolute Gasteiger partial charge is 0.0868 e. The normalized spacial score (nSPS) is 13.7. The maximum atomic E-state index is 6.49. The molecule has 0 heterocycles. The van der Waals surface area contributed by atoms with Gasteiger partial charge in [0.05, 0.1) is 11.6 Å². The van der Waals surface area contributed by atoms with Crippen LogP contribution in [-0.4, -0.2) is 12.2 Å². The maximum absolute atomic E-state index is 6.49. The van der Waals surface area contributed by atoms with Crippen molar-refractivity contribution in [1.82, 2.24) is 0 Å². The van der Waals surface area contributed by atoms with E-state index in [2.05, 4.69) is 45.9 Å². The zero-order valence-electron chi connectivity index (χ0n) is 12.4. The van der Waals surface area contributed by atoms with Crippen LogP contribution in [0.3, 0.4) is 0 Å². The van der Waals surface area contributed by atoms with Crippen molar-refractivity contribution in [3.05, 3.63) is 34.9 Å². The topological polar surface area (TPSA) is 35.2 Å². The average Bonchev–Trinajstić information content (AvgIpc) is 2.34. The van der Waals surface area contributed by atoms with E-state index in [1.807, 2.05) is 6.92 Å². The molecule has 0 saturated carbocycles. The predicted octanol–water partition coefficient (Wildman–Crippen LogP) is 3.90. The summed E-state index contributed by atoms with van der Waals surface area (Å²) in [5, 5.41) is 0. The fraction of sp³-hybridized carbons (Fsp3) is 0.625. The number of hydrogen-bond donors (Lipinski definition) is 1. The fourth-order valence-electron chi connectivity index (χ4n) is 2.76. The van der Waals surface area contributed by atoms with Crippen LogP contribution in [0.4, 0.5) is 0 Å². The number of hydrogen-bond acceptors (Lipinski definition) is 2. The number of rotatable bonds is 6. The summed E-state index contributed by atoms with van der Waals surface area (Å²) in [5.74, 6) is 0. The minimum atomic E-state index is -0.241. The number of ether oxygens (including phenoxy) is 1. The second-order valence-electron chi connectivity index (χ2n) is 5.10. The van der Waals surface area contributed by atoms with E-state index >= 15 is 0 Å². The van der Waals surface area contributed by atoms with Crippen molar-refractivity contribution in [3.63, 3.8) is 0 Å². The molecule has 1 aromatic carbocycles. The van der Waals surface area contributed by atoms with E-state index in [0.29, 0.717) is 6.61 Å². The van der Waals surface area contributed by atoms with Gasteiger partial charge in [-0.15, -0.1) is 0 Å². The second-order valence-corrected chi connectivity index (χ2v) is 5.10. The number of nitrogens with two attached hydrogens (primary N) is 1. The van der Waals surface area contributed by atoms with Crippen LogP contribution >= 0.6 is 0 Å². The molecule has 1 aromatic rings. The first-order valence-corrected chi connectivity index (χ1v) is 6.96. The molecule has 0 aliphatic rings. The summed E-state index contributed by atoms with van der Waals surface area (Å²) in [6.45, 7) is 11.3. The highest BCUT2D eigenvalue weighted by Crippen LogP contribution is 2.34. The van der Waals surface area contributed by atoms with E-state index in [0.717, 1.165) is 12.8 Å². The van der Waals surface area contributed by atoms with Crippen LogP contribution < -0.4 is 5.73 Å². The molecule has 2 N–H and O–H groups in total. The Morgan fingerprint density at radius 3 is 1.94 bits per heavy atom. The van der Waals surface area contributed by atoms with E-state index in [1.165, 1.54) is 16.7 Å². The van der Waals surface area contributed by atoms with Gasteiger partial charge in [-0.25, -0.2) is 0 Å². The van der Waals surface area contributed by atoms with Gasteiger partial charge in [-0.2, -0.15) is 0 Å². The summed E-state index contributed by atoms with van der Waals surface area (Å²) in [7, 11) is 0. The van der Waals surface area contributed by atoms with Crippen LogP contribution in [0.2, 0.25) is 0 Å². The van der Waals surface area contributed by atoms with Gasteiger partial charge < -0.3 is 10.5 Å². The lowest BCUT2D eigenvalue weighted by Gasteiger charge is -2.37. The standard InChI is InChI=1S/C16H27NO/c1-6-16(7-2,18-8-3)15(17)14-10-12(4)9-13(5)11-14/h9-11,15H,6-8,17H2,1-5H3. The van der Waals surface area contributed by atoms with Gasteiger partial charge in [0.15, 0.2) is 0 Å². The molecule has 0 spiro atoms. The maximum Gasteiger partial charge on any atom is 0.0868 e. The Labute approximate surface area is 112 Å². The van der Waals surface area contributed by atoms with E-state index in [-0.39, 0.29) is 11.6 Å². The minimum Gasteiger partial charge on any atom is -0.373 e. The zero-order chi connectivity index (χ0) is 13.8. The quantitative estimate of drug-likeness (QED) is 0.830. The SMILES string of the molecule is CCOC(CC)(CC)C(N)c1cc(C)cc(C)c1. The van der Waals surface area contributed by atoms with Crippen molar-refractivity contribution in [2.24, 2.45) is 5.73 Å². The Kier molecular flexibility index (Phi) is 5.36. The van der Waals surface area contributed by atoms with Crippen LogP contribution in [0.25, 0.3) is 0 Å². The molecular formula is C16H27NO. The van der Waals surface area contributed by atoms with Gasteiger partial charge >= 0.3 is 0 Å². The molecule has 102 valence electrons. The molecule has 0 bridgehead atoms.